The Balaban J connectivity index is 1.35. The van der Waals surface area contributed by atoms with Crippen LogP contribution < -0.4 is 10.2 Å². The number of aryl methyl sites for hydroxylation is 1. The van der Waals surface area contributed by atoms with E-state index in [0.717, 1.165) is 31.4 Å². The number of likely N-dealkylation sites (tertiary alicyclic amines) is 1. The van der Waals surface area contributed by atoms with Gasteiger partial charge in [-0.25, -0.2) is 4.98 Å². The van der Waals surface area contributed by atoms with Gasteiger partial charge in [0.15, 0.2) is 6.54 Å². The van der Waals surface area contributed by atoms with Gasteiger partial charge in [0.2, 0.25) is 0 Å². The predicted molar refractivity (Wildman–Crippen MR) is 114 cm³/mol. The third-order valence-electron chi connectivity index (χ3n) is 5.47. The first-order valence-electron chi connectivity index (χ1n) is 9.74. The molecule has 0 unspecified atom stereocenters. The summed E-state index contributed by atoms with van der Waals surface area (Å²) in [6.45, 7) is 3.87. The first-order valence-corrected chi connectivity index (χ1v) is 10.6. The fourth-order valence-electron chi connectivity index (χ4n) is 3.89. The van der Waals surface area contributed by atoms with Crippen molar-refractivity contribution < 1.29 is 14.6 Å². The van der Waals surface area contributed by atoms with Crippen molar-refractivity contribution in [1.29, 1.82) is 0 Å². The summed E-state index contributed by atoms with van der Waals surface area (Å²) in [7, 11) is 0. The van der Waals surface area contributed by atoms with Crippen LogP contribution in [0.15, 0.2) is 42.5 Å². The van der Waals surface area contributed by atoms with Crippen LogP contribution in [-0.4, -0.2) is 35.4 Å². The average molecular weight is 412 g/mol. The lowest BCUT2D eigenvalue weighted by Crippen LogP contribution is -3.14. The molecule has 150 valence electrons. The topological polar surface area (TPSA) is 89.6 Å². The molecule has 3 aromatic rings. The summed E-state index contributed by atoms with van der Waals surface area (Å²) in [5, 5.41) is 15.2. The normalized spacial score (nSPS) is 19.2. The Bertz CT molecular complexity index is 1020. The maximum Gasteiger partial charge on any atom is 0.293 e. The second-order valence-electron chi connectivity index (χ2n) is 7.50. The van der Waals surface area contributed by atoms with Gasteiger partial charge in [-0.2, -0.15) is 0 Å². The molecule has 1 fully saturated rings. The number of para-hydroxylation sites is 2. The highest BCUT2D eigenvalue weighted by molar-refractivity contribution is 7.18. The number of nitro groups is 1. The molecular weight excluding hydrogens is 388 g/mol. The van der Waals surface area contributed by atoms with Crippen molar-refractivity contribution in [1.82, 2.24) is 4.98 Å². The second-order valence-corrected chi connectivity index (χ2v) is 8.56. The van der Waals surface area contributed by atoms with Crippen molar-refractivity contribution in [3.63, 3.8) is 0 Å². The summed E-state index contributed by atoms with van der Waals surface area (Å²) >= 11 is 1.76. The molecule has 4 rings (SSSR count). The Morgan fingerprint density at radius 2 is 2.00 bits per heavy atom. The SMILES string of the molecule is Cc1cccc([N+](=O)[O-])c1NC(=O)C[NH+]1CCC(c2nc3ccccc3s2)CC1. The van der Waals surface area contributed by atoms with Gasteiger partial charge in [0.25, 0.3) is 11.6 Å². The van der Waals surface area contributed by atoms with E-state index in [1.165, 1.54) is 20.7 Å². The molecule has 2 aromatic carbocycles. The molecular formula is C21H23N4O3S+. The zero-order chi connectivity index (χ0) is 20.4. The van der Waals surface area contributed by atoms with Crippen LogP contribution in [0.3, 0.4) is 0 Å². The number of nitrogens with one attached hydrogen (secondary N) is 2. The van der Waals surface area contributed by atoms with E-state index in [1.54, 1.807) is 30.4 Å². The highest BCUT2D eigenvalue weighted by Crippen LogP contribution is 2.31. The molecule has 8 heteroatoms. The number of thiazole rings is 1. The fourth-order valence-corrected chi connectivity index (χ4v) is 5.03. The van der Waals surface area contributed by atoms with Gasteiger partial charge < -0.3 is 10.2 Å². The fraction of sp³-hybridized carbons (Fsp3) is 0.333. The standard InChI is InChI=1S/C21H22N4O3S/c1-14-5-4-7-17(25(27)28)20(14)23-19(26)13-24-11-9-15(10-12-24)21-22-16-6-2-3-8-18(16)29-21/h2-8,15H,9-13H2,1H3,(H,23,26)/p+1. The van der Waals surface area contributed by atoms with Crippen molar-refractivity contribution in [2.45, 2.75) is 25.7 Å². The molecule has 2 heterocycles. The van der Waals surface area contributed by atoms with Crippen molar-refractivity contribution in [2.24, 2.45) is 0 Å². The summed E-state index contributed by atoms with van der Waals surface area (Å²) in [4.78, 5) is 29.3. The Labute approximate surface area is 172 Å². The Kier molecular flexibility index (Phi) is 5.55. The number of piperidine rings is 1. The minimum atomic E-state index is -0.459. The number of carbonyl (C=O) groups excluding carboxylic acids is 1. The molecule has 7 nitrogen and oxygen atoms in total. The first-order chi connectivity index (χ1) is 14.0. The second kappa shape index (κ2) is 8.26. The number of nitrogens with zero attached hydrogens (tertiary/aromatic N) is 2. The molecule has 0 atom stereocenters. The molecule has 0 aliphatic carbocycles. The van der Waals surface area contributed by atoms with E-state index in [9.17, 15) is 14.9 Å². The number of anilines is 1. The molecule has 2 N–H and O–H groups in total. The number of quaternary nitrogens is 1. The summed E-state index contributed by atoms with van der Waals surface area (Å²) in [6, 6.07) is 13.0. The van der Waals surface area contributed by atoms with Crippen LogP contribution in [0.1, 0.15) is 29.3 Å². The predicted octanol–water partition coefficient (Wildman–Crippen LogP) is 2.91. The quantitative estimate of drug-likeness (QED) is 0.499. The molecule has 1 amide bonds. The molecule has 0 bridgehead atoms. The number of amides is 1. The molecule has 1 aliphatic rings. The number of aromatic nitrogens is 1. The highest BCUT2D eigenvalue weighted by Gasteiger charge is 2.28. The van der Waals surface area contributed by atoms with Crippen LogP contribution in [0.2, 0.25) is 0 Å². The maximum atomic E-state index is 12.5. The van der Waals surface area contributed by atoms with Crippen LogP contribution in [-0.2, 0) is 4.79 Å². The monoisotopic (exact) mass is 411 g/mol. The Hall–Kier alpha value is -2.84. The van der Waals surface area contributed by atoms with E-state index in [1.807, 2.05) is 18.2 Å². The van der Waals surface area contributed by atoms with Gasteiger partial charge in [-0.3, -0.25) is 14.9 Å². The molecule has 0 radical (unpaired) electrons. The summed E-state index contributed by atoms with van der Waals surface area (Å²) in [5.41, 5.74) is 1.98. The van der Waals surface area contributed by atoms with Crippen molar-refractivity contribution in [2.75, 3.05) is 25.0 Å². The number of fused-ring (bicyclic) bond motifs is 1. The molecule has 1 aliphatic heterocycles. The van der Waals surface area contributed by atoms with Crippen LogP contribution in [0.5, 0.6) is 0 Å². The lowest BCUT2D eigenvalue weighted by molar-refractivity contribution is -0.897. The number of hydrogen-bond acceptors (Lipinski definition) is 5. The third kappa shape index (κ3) is 4.28. The van der Waals surface area contributed by atoms with Gasteiger partial charge in [0.1, 0.15) is 5.69 Å². The lowest BCUT2D eigenvalue weighted by Gasteiger charge is -2.27. The van der Waals surface area contributed by atoms with Crippen molar-refractivity contribution in [3.8, 4) is 0 Å². The lowest BCUT2D eigenvalue weighted by atomic mass is 9.97. The highest BCUT2D eigenvalue weighted by atomic mass is 32.1. The smallest absolute Gasteiger partial charge is 0.293 e. The van der Waals surface area contributed by atoms with Gasteiger partial charge in [0, 0.05) is 24.8 Å². The summed E-state index contributed by atoms with van der Waals surface area (Å²) < 4.78 is 1.22. The van der Waals surface area contributed by atoms with Gasteiger partial charge in [-0.15, -0.1) is 11.3 Å². The van der Waals surface area contributed by atoms with Gasteiger partial charge in [0.05, 0.1) is 33.2 Å². The number of benzene rings is 2. The largest absolute Gasteiger partial charge is 0.327 e. The van der Waals surface area contributed by atoms with E-state index < -0.39 is 4.92 Å². The Morgan fingerprint density at radius 1 is 1.24 bits per heavy atom. The van der Waals surface area contributed by atoms with Crippen LogP contribution >= 0.6 is 11.3 Å². The molecule has 0 spiro atoms. The third-order valence-corrected chi connectivity index (χ3v) is 6.67. The molecule has 1 aromatic heterocycles. The number of nitro benzene ring substituents is 1. The van der Waals surface area contributed by atoms with E-state index in [0.29, 0.717) is 23.7 Å². The van der Waals surface area contributed by atoms with Gasteiger partial charge in [-0.05, 0) is 24.6 Å². The first kappa shape index (κ1) is 19.5. The van der Waals surface area contributed by atoms with Crippen molar-refractivity contribution >= 4 is 38.8 Å². The van der Waals surface area contributed by atoms with Gasteiger partial charge in [-0.1, -0.05) is 24.3 Å². The molecule has 29 heavy (non-hydrogen) atoms. The van der Waals surface area contributed by atoms with E-state index in [4.69, 9.17) is 4.98 Å². The van der Waals surface area contributed by atoms with Crippen LogP contribution in [0.25, 0.3) is 10.2 Å². The minimum Gasteiger partial charge on any atom is -0.327 e. The van der Waals surface area contributed by atoms with E-state index in [-0.39, 0.29) is 11.6 Å². The zero-order valence-corrected chi connectivity index (χ0v) is 17.0. The Morgan fingerprint density at radius 3 is 2.72 bits per heavy atom. The number of hydrogen-bond donors (Lipinski definition) is 2. The zero-order valence-electron chi connectivity index (χ0n) is 16.2. The molecule has 0 saturated carbocycles. The van der Waals surface area contributed by atoms with E-state index in [2.05, 4.69) is 11.4 Å². The minimum absolute atomic E-state index is 0.0668. The summed E-state index contributed by atoms with van der Waals surface area (Å²) in [5.74, 6) is 0.257. The summed E-state index contributed by atoms with van der Waals surface area (Å²) in [6.07, 6.45) is 1.99. The van der Waals surface area contributed by atoms with Gasteiger partial charge >= 0.3 is 0 Å². The van der Waals surface area contributed by atoms with E-state index >= 15 is 0 Å². The average Bonchev–Trinajstić information content (AvgIpc) is 3.14. The maximum absolute atomic E-state index is 12.5. The van der Waals surface area contributed by atoms with Crippen molar-refractivity contribution in [3.05, 3.63) is 63.1 Å². The van der Waals surface area contributed by atoms with Crippen LogP contribution in [0, 0.1) is 17.0 Å². The number of carbonyl (C=O) groups is 1. The molecule has 1 saturated heterocycles. The van der Waals surface area contributed by atoms with Crippen LogP contribution in [0.4, 0.5) is 11.4 Å². The number of rotatable bonds is 5.